The minimum atomic E-state index is -0.971. The molecule has 0 aliphatic rings. The van der Waals surface area contributed by atoms with E-state index >= 15 is 0 Å². The second-order valence-electron chi connectivity index (χ2n) is 7.53. The highest BCUT2D eigenvalue weighted by atomic mass is 16.4. The third-order valence-corrected chi connectivity index (χ3v) is 4.22. The van der Waals surface area contributed by atoms with E-state index in [9.17, 15) is 4.79 Å². The maximum Gasteiger partial charge on any atom is 0.322 e. The van der Waals surface area contributed by atoms with Crippen LogP contribution >= 0.6 is 0 Å². The quantitative estimate of drug-likeness (QED) is 0.579. The third-order valence-electron chi connectivity index (χ3n) is 4.22. The standard InChI is InChI=1S/C22H24N4O2/c1-22(2,3)16-9-11-17(12-10-16)24-19-13-18(15-7-5-4-6-8-15)25-21(26-19)23-14-20(27)28/h4-13H,14H2,1-3H3,(H,27,28)(H2,23,24,25,26). The molecule has 0 unspecified atom stereocenters. The average Bonchev–Trinajstić information content (AvgIpc) is 2.67. The van der Waals surface area contributed by atoms with Gasteiger partial charge in [-0.3, -0.25) is 4.79 Å². The van der Waals surface area contributed by atoms with Gasteiger partial charge in [0, 0.05) is 17.3 Å². The molecule has 0 radical (unpaired) electrons. The van der Waals surface area contributed by atoms with Gasteiger partial charge in [-0.1, -0.05) is 63.2 Å². The Morgan fingerprint density at radius 1 is 1.00 bits per heavy atom. The van der Waals surface area contributed by atoms with Crippen LogP contribution in [0.3, 0.4) is 0 Å². The summed E-state index contributed by atoms with van der Waals surface area (Å²) in [6, 6.07) is 19.7. The summed E-state index contributed by atoms with van der Waals surface area (Å²) in [6.07, 6.45) is 0. The van der Waals surface area contributed by atoms with Crippen LogP contribution in [-0.2, 0) is 10.2 Å². The van der Waals surface area contributed by atoms with Crippen LogP contribution in [0.1, 0.15) is 26.3 Å². The van der Waals surface area contributed by atoms with Crippen LogP contribution in [0.2, 0.25) is 0 Å². The van der Waals surface area contributed by atoms with Crippen molar-refractivity contribution in [3.05, 3.63) is 66.2 Å². The van der Waals surface area contributed by atoms with E-state index in [1.54, 1.807) is 0 Å². The van der Waals surface area contributed by atoms with E-state index in [1.165, 1.54) is 5.56 Å². The van der Waals surface area contributed by atoms with E-state index in [-0.39, 0.29) is 17.9 Å². The molecule has 0 amide bonds. The van der Waals surface area contributed by atoms with Gasteiger partial charge in [0.15, 0.2) is 0 Å². The molecule has 0 fully saturated rings. The summed E-state index contributed by atoms with van der Waals surface area (Å²) >= 11 is 0. The molecule has 2 aromatic carbocycles. The maximum absolute atomic E-state index is 10.9. The van der Waals surface area contributed by atoms with E-state index in [4.69, 9.17) is 5.11 Å². The summed E-state index contributed by atoms with van der Waals surface area (Å²) in [5.41, 5.74) is 3.86. The molecular formula is C22H24N4O2. The van der Waals surface area contributed by atoms with Gasteiger partial charge in [0.25, 0.3) is 0 Å². The first-order valence-electron chi connectivity index (χ1n) is 9.09. The predicted molar refractivity (Wildman–Crippen MR) is 112 cm³/mol. The highest BCUT2D eigenvalue weighted by molar-refractivity contribution is 5.73. The number of hydrogen-bond donors (Lipinski definition) is 3. The van der Waals surface area contributed by atoms with Crippen LogP contribution < -0.4 is 10.6 Å². The van der Waals surface area contributed by atoms with Gasteiger partial charge in [-0.15, -0.1) is 0 Å². The summed E-state index contributed by atoms with van der Waals surface area (Å²) in [7, 11) is 0. The molecule has 3 N–H and O–H groups in total. The summed E-state index contributed by atoms with van der Waals surface area (Å²) in [6.45, 7) is 6.27. The number of carboxylic acids is 1. The van der Waals surface area contributed by atoms with Crippen LogP contribution in [0.15, 0.2) is 60.7 Å². The minimum absolute atomic E-state index is 0.0852. The lowest BCUT2D eigenvalue weighted by Gasteiger charge is -2.19. The molecule has 6 nitrogen and oxygen atoms in total. The number of nitrogens with one attached hydrogen (secondary N) is 2. The third kappa shape index (κ3) is 5.07. The number of aromatic nitrogens is 2. The summed E-state index contributed by atoms with van der Waals surface area (Å²) in [5, 5.41) is 15.0. The molecule has 0 bridgehead atoms. The van der Waals surface area contributed by atoms with Crippen LogP contribution in [0, 0.1) is 0 Å². The SMILES string of the molecule is CC(C)(C)c1ccc(Nc2cc(-c3ccccc3)nc(NCC(=O)O)n2)cc1. The smallest absolute Gasteiger partial charge is 0.322 e. The molecule has 0 aliphatic heterocycles. The first-order chi connectivity index (χ1) is 13.3. The Balaban J connectivity index is 1.90. The lowest BCUT2D eigenvalue weighted by atomic mass is 9.87. The van der Waals surface area contributed by atoms with E-state index in [0.29, 0.717) is 11.5 Å². The minimum Gasteiger partial charge on any atom is -0.480 e. The van der Waals surface area contributed by atoms with Gasteiger partial charge >= 0.3 is 5.97 Å². The molecule has 0 saturated carbocycles. The van der Waals surface area contributed by atoms with Gasteiger partial charge in [0.05, 0.1) is 5.69 Å². The number of nitrogens with zero attached hydrogens (tertiary/aromatic N) is 2. The first-order valence-corrected chi connectivity index (χ1v) is 9.09. The van der Waals surface area contributed by atoms with Crippen molar-refractivity contribution in [1.29, 1.82) is 0 Å². The van der Waals surface area contributed by atoms with Gasteiger partial charge in [-0.2, -0.15) is 4.98 Å². The topological polar surface area (TPSA) is 87.1 Å². The van der Waals surface area contributed by atoms with Crippen molar-refractivity contribution in [2.75, 3.05) is 17.2 Å². The van der Waals surface area contributed by atoms with E-state index < -0.39 is 5.97 Å². The normalized spacial score (nSPS) is 11.1. The molecule has 1 heterocycles. The number of hydrogen-bond acceptors (Lipinski definition) is 5. The van der Waals surface area contributed by atoms with Gasteiger partial charge in [-0.25, -0.2) is 4.98 Å². The molecule has 3 rings (SSSR count). The van der Waals surface area contributed by atoms with E-state index in [0.717, 1.165) is 11.3 Å². The molecule has 28 heavy (non-hydrogen) atoms. The number of aliphatic carboxylic acids is 1. The lowest BCUT2D eigenvalue weighted by molar-refractivity contribution is -0.134. The van der Waals surface area contributed by atoms with Crippen LogP contribution in [0.25, 0.3) is 11.3 Å². The molecule has 0 atom stereocenters. The molecule has 144 valence electrons. The molecular weight excluding hydrogens is 352 g/mol. The van der Waals surface area contributed by atoms with Crippen LogP contribution in [-0.4, -0.2) is 27.6 Å². The zero-order chi connectivity index (χ0) is 20.1. The monoisotopic (exact) mass is 376 g/mol. The number of carbonyl (C=O) groups is 1. The number of rotatable bonds is 6. The van der Waals surface area contributed by atoms with Crippen molar-refractivity contribution >= 4 is 23.4 Å². The van der Waals surface area contributed by atoms with Gasteiger partial charge < -0.3 is 15.7 Å². The average molecular weight is 376 g/mol. The lowest BCUT2D eigenvalue weighted by Crippen LogP contribution is -2.15. The number of anilines is 3. The summed E-state index contributed by atoms with van der Waals surface area (Å²) < 4.78 is 0. The van der Waals surface area contributed by atoms with E-state index in [2.05, 4.69) is 53.5 Å². The Morgan fingerprint density at radius 2 is 1.68 bits per heavy atom. The highest BCUT2D eigenvalue weighted by Crippen LogP contribution is 2.26. The second-order valence-corrected chi connectivity index (χ2v) is 7.53. The molecule has 3 aromatic rings. The Hall–Kier alpha value is -3.41. The van der Waals surface area contributed by atoms with Gasteiger partial charge in [0.2, 0.25) is 5.95 Å². The van der Waals surface area contributed by atoms with Crippen LogP contribution in [0.5, 0.6) is 0 Å². The van der Waals surface area contributed by atoms with Crippen LogP contribution in [0.4, 0.5) is 17.5 Å². The fourth-order valence-electron chi connectivity index (χ4n) is 2.70. The van der Waals surface area contributed by atoms with Gasteiger partial charge in [0.1, 0.15) is 12.4 Å². The zero-order valence-corrected chi connectivity index (χ0v) is 16.2. The van der Waals surface area contributed by atoms with Gasteiger partial charge in [-0.05, 0) is 23.1 Å². The summed E-state index contributed by atoms with van der Waals surface area (Å²) in [4.78, 5) is 19.7. The van der Waals surface area contributed by atoms with Crippen molar-refractivity contribution < 1.29 is 9.90 Å². The molecule has 0 saturated heterocycles. The highest BCUT2D eigenvalue weighted by Gasteiger charge is 2.13. The van der Waals surface area contributed by atoms with Crippen molar-refractivity contribution in [3.8, 4) is 11.3 Å². The fourth-order valence-corrected chi connectivity index (χ4v) is 2.70. The second kappa shape index (κ2) is 8.08. The maximum atomic E-state index is 10.9. The number of benzene rings is 2. The first kappa shape index (κ1) is 19.4. The Labute approximate surface area is 164 Å². The van der Waals surface area contributed by atoms with E-state index in [1.807, 2.05) is 48.5 Å². The van der Waals surface area contributed by atoms with Crippen molar-refractivity contribution in [3.63, 3.8) is 0 Å². The predicted octanol–water partition coefficient (Wildman–Crippen LogP) is 4.68. The Bertz CT molecular complexity index is 949. The number of carboxylic acid groups (broad SMARTS) is 1. The zero-order valence-electron chi connectivity index (χ0n) is 16.2. The molecule has 1 aromatic heterocycles. The Morgan fingerprint density at radius 3 is 2.29 bits per heavy atom. The molecule has 0 aliphatic carbocycles. The van der Waals surface area contributed by atoms with Crippen molar-refractivity contribution in [2.24, 2.45) is 0 Å². The fraction of sp³-hybridized carbons (Fsp3) is 0.227. The molecule has 0 spiro atoms. The largest absolute Gasteiger partial charge is 0.480 e. The Kier molecular flexibility index (Phi) is 5.59. The van der Waals surface area contributed by atoms with Crippen molar-refractivity contribution in [2.45, 2.75) is 26.2 Å². The molecule has 6 heteroatoms. The van der Waals surface area contributed by atoms with Crippen molar-refractivity contribution in [1.82, 2.24) is 9.97 Å². The summed E-state index contributed by atoms with van der Waals surface area (Å²) in [5.74, 6) is -0.121.